The van der Waals surface area contributed by atoms with Crippen molar-refractivity contribution in [3.8, 4) is 0 Å². The number of hydrogen-bond donors (Lipinski definition) is 1. The number of halogens is 2. The van der Waals surface area contributed by atoms with Gasteiger partial charge in [0, 0.05) is 13.4 Å². The van der Waals surface area contributed by atoms with Crippen LogP contribution >= 0.6 is 38.5 Å². The van der Waals surface area contributed by atoms with Gasteiger partial charge in [0.15, 0.2) is 0 Å². The molecule has 1 aromatic heterocycles. The van der Waals surface area contributed by atoms with Gasteiger partial charge in [-0.05, 0) is 50.7 Å². The summed E-state index contributed by atoms with van der Waals surface area (Å²) >= 11 is 5.73. The molecule has 0 unspecified atom stereocenters. The van der Waals surface area contributed by atoms with Crippen molar-refractivity contribution < 1.29 is 0 Å². The molecule has 11 heavy (non-hydrogen) atoms. The summed E-state index contributed by atoms with van der Waals surface area (Å²) < 4.78 is 2.31. The van der Waals surface area contributed by atoms with Crippen LogP contribution in [0.2, 0.25) is 0 Å². The van der Waals surface area contributed by atoms with Crippen molar-refractivity contribution in [3.05, 3.63) is 26.4 Å². The van der Waals surface area contributed by atoms with Gasteiger partial charge in [0.05, 0.1) is 11.7 Å². The Morgan fingerprint density at radius 1 is 1.45 bits per heavy atom. The Bertz CT molecular complexity index is 360. The van der Waals surface area contributed by atoms with Gasteiger partial charge in [-0.3, -0.25) is 5.10 Å². The Labute approximate surface area is 85.6 Å². The molecule has 0 fully saturated rings. The zero-order valence-electron chi connectivity index (χ0n) is 5.44. The molecule has 4 heteroatoms. The van der Waals surface area contributed by atoms with E-state index < -0.39 is 0 Å². The van der Waals surface area contributed by atoms with Crippen molar-refractivity contribution in [2.45, 2.75) is 0 Å². The summed E-state index contributed by atoms with van der Waals surface area (Å²) in [6.07, 6.45) is 1.82. The second-order valence-corrected chi connectivity index (χ2v) is 4.24. The van der Waals surface area contributed by atoms with Gasteiger partial charge in [0.25, 0.3) is 0 Å². The molecule has 2 nitrogen and oxygen atoms in total. The second kappa shape index (κ2) is 2.75. The molecule has 0 aliphatic carbocycles. The highest BCUT2D eigenvalue weighted by Gasteiger charge is 1.99. The molecule has 0 aliphatic rings. The maximum Gasteiger partial charge on any atom is 0.0662 e. The fourth-order valence-electron chi connectivity index (χ4n) is 0.937. The minimum absolute atomic E-state index is 1.07. The van der Waals surface area contributed by atoms with E-state index in [9.17, 15) is 0 Å². The largest absolute Gasteiger partial charge is 0.278 e. The maximum atomic E-state index is 3.93. The Morgan fingerprint density at radius 3 is 3.09 bits per heavy atom. The van der Waals surface area contributed by atoms with Crippen molar-refractivity contribution in [3.63, 3.8) is 0 Å². The monoisotopic (exact) mass is 322 g/mol. The van der Waals surface area contributed by atoms with Crippen LogP contribution in [-0.2, 0) is 0 Å². The first-order chi connectivity index (χ1) is 5.27. The Morgan fingerprint density at radius 2 is 2.27 bits per heavy atom. The van der Waals surface area contributed by atoms with Crippen LogP contribution in [0.15, 0.2) is 22.8 Å². The van der Waals surface area contributed by atoms with Crippen LogP contribution < -0.4 is 0 Å². The molecular weight excluding hydrogens is 319 g/mol. The molecule has 0 saturated heterocycles. The first kappa shape index (κ1) is 7.54. The van der Waals surface area contributed by atoms with Gasteiger partial charge in [0.1, 0.15) is 0 Å². The van der Waals surface area contributed by atoms with Crippen LogP contribution in [0.5, 0.6) is 0 Å². The molecule has 0 saturated carbocycles. The SMILES string of the molecule is Brc1cc2[nH]ncc2cc1I. The summed E-state index contributed by atoms with van der Waals surface area (Å²) in [7, 11) is 0. The number of nitrogens with zero attached hydrogens (tertiary/aromatic N) is 1. The summed E-state index contributed by atoms with van der Waals surface area (Å²) in [5, 5.41) is 7.99. The summed E-state index contributed by atoms with van der Waals surface area (Å²) in [5.74, 6) is 0. The molecule has 1 N–H and O–H groups in total. The third-order valence-corrected chi connectivity index (χ3v) is 3.77. The highest BCUT2D eigenvalue weighted by Crippen LogP contribution is 2.23. The lowest BCUT2D eigenvalue weighted by Crippen LogP contribution is -1.74. The zero-order chi connectivity index (χ0) is 7.84. The summed E-state index contributed by atoms with van der Waals surface area (Å²) in [5.41, 5.74) is 1.07. The van der Waals surface area contributed by atoms with Gasteiger partial charge in [-0.2, -0.15) is 5.10 Å². The number of H-pyrrole nitrogens is 1. The normalized spacial score (nSPS) is 10.7. The molecule has 0 radical (unpaired) electrons. The van der Waals surface area contributed by atoms with Gasteiger partial charge in [-0.15, -0.1) is 0 Å². The van der Waals surface area contributed by atoms with Crippen LogP contribution in [0, 0.1) is 3.57 Å². The van der Waals surface area contributed by atoms with E-state index in [-0.39, 0.29) is 0 Å². The average Bonchev–Trinajstić information content (AvgIpc) is 2.36. The van der Waals surface area contributed by atoms with Crippen molar-refractivity contribution in [1.29, 1.82) is 0 Å². The molecule has 56 valence electrons. The standard InChI is InChI=1S/C7H4BrIN2/c8-5-2-7-4(1-6(5)9)3-10-11-7/h1-3H,(H,10,11). The first-order valence-corrected chi connectivity index (χ1v) is 4.92. The minimum Gasteiger partial charge on any atom is -0.278 e. The van der Waals surface area contributed by atoms with Crippen LogP contribution in [0.25, 0.3) is 10.9 Å². The third kappa shape index (κ3) is 1.29. The fraction of sp³-hybridized carbons (Fsp3) is 0. The third-order valence-electron chi connectivity index (χ3n) is 1.48. The number of fused-ring (bicyclic) bond motifs is 1. The average molecular weight is 323 g/mol. The summed E-state index contributed by atoms with van der Waals surface area (Å²) in [4.78, 5) is 0. The Hall–Kier alpha value is -0.100. The molecule has 1 aromatic carbocycles. The van der Waals surface area contributed by atoms with Crippen LogP contribution in [0.3, 0.4) is 0 Å². The predicted octanol–water partition coefficient (Wildman–Crippen LogP) is 2.93. The number of rotatable bonds is 0. The molecule has 1 heterocycles. The lowest BCUT2D eigenvalue weighted by molar-refractivity contribution is 1.12. The van der Waals surface area contributed by atoms with E-state index in [2.05, 4.69) is 54.8 Å². The molecular formula is C7H4BrIN2. The van der Waals surface area contributed by atoms with E-state index in [4.69, 9.17) is 0 Å². The van der Waals surface area contributed by atoms with E-state index in [1.807, 2.05) is 12.3 Å². The molecule has 0 bridgehead atoms. The van der Waals surface area contributed by atoms with E-state index in [0.717, 1.165) is 15.4 Å². The fourth-order valence-corrected chi connectivity index (χ4v) is 1.77. The molecule has 2 aromatic rings. The summed E-state index contributed by atoms with van der Waals surface area (Å²) in [6.45, 7) is 0. The number of aromatic amines is 1. The lowest BCUT2D eigenvalue weighted by atomic mass is 10.3. The van der Waals surface area contributed by atoms with Crippen LogP contribution in [0.1, 0.15) is 0 Å². The number of nitrogens with one attached hydrogen (secondary N) is 1. The molecule has 0 amide bonds. The zero-order valence-corrected chi connectivity index (χ0v) is 9.18. The Balaban J connectivity index is 2.86. The smallest absolute Gasteiger partial charge is 0.0662 e. The second-order valence-electron chi connectivity index (χ2n) is 2.22. The molecule has 0 spiro atoms. The topological polar surface area (TPSA) is 28.7 Å². The van der Waals surface area contributed by atoms with Crippen LogP contribution in [-0.4, -0.2) is 10.2 Å². The van der Waals surface area contributed by atoms with Gasteiger partial charge in [-0.1, -0.05) is 0 Å². The number of hydrogen-bond acceptors (Lipinski definition) is 1. The quantitative estimate of drug-likeness (QED) is 0.742. The van der Waals surface area contributed by atoms with E-state index in [1.54, 1.807) is 0 Å². The van der Waals surface area contributed by atoms with Gasteiger partial charge in [-0.25, -0.2) is 0 Å². The Kier molecular flexibility index (Phi) is 1.88. The van der Waals surface area contributed by atoms with Gasteiger partial charge < -0.3 is 0 Å². The van der Waals surface area contributed by atoms with E-state index >= 15 is 0 Å². The van der Waals surface area contributed by atoms with Crippen molar-refractivity contribution in [2.75, 3.05) is 0 Å². The molecule has 0 atom stereocenters. The van der Waals surface area contributed by atoms with Crippen molar-refractivity contribution in [2.24, 2.45) is 0 Å². The van der Waals surface area contributed by atoms with E-state index in [0.29, 0.717) is 0 Å². The predicted molar refractivity (Wildman–Crippen MR) is 56.5 cm³/mol. The first-order valence-electron chi connectivity index (χ1n) is 3.05. The van der Waals surface area contributed by atoms with Crippen LogP contribution in [0.4, 0.5) is 0 Å². The van der Waals surface area contributed by atoms with Gasteiger partial charge >= 0.3 is 0 Å². The highest BCUT2D eigenvalue weighted by atomic mass is 127. The lowest BCUT2D eigenvalue weighted by Gasteiger charge is -1.94. The number of aromatic nitrogens is 2. The highest BCUT2D eigenvalue weighted by molar-refractivity contribution is 14.1. The maximum absolute atomic E-state index is 3.93. The molecule has 2 rings (SSSR count). The molecule has 0 aliphatic heterocycles. The summed E-state index contributed by atoms with van der Waals surface area (Å²) in [6, 6.07) is 4.12. The van der Waals surface area contributed by atoms with Crippen molar-refractivity contribution in [1.82, 2.24) is 10.2 Å². The van der Waals surface area contributed by atoms with E-state index in [1.165, 1.54) is 3.57 Å². The van der Waals surface area contributed by atoms with Crippen molar-refractivity contribution >= 4 is 49.4 Å². The minimum atomic E-state index is 1.07. The van der Waals surface area contributed by atoms with Gasteiger partial charge in [0.2, 0.25) is 0 Å². The number of benzene rings is 1.